The molecule has 0 bridgehead atoms. The van der Waals surface area contributed by atoms with Gasteiger partial charge in [0.25, 0.3) is 0 Å². The first-order valence-electron chi connectivity index (χ1n) is 7.02. The van der Waals surface area contributed by atoms with Gasteiger partial charge in [-0.25, -0.2) is 8.78 Å². The highest BCUT2D eigenvalue weighted by molar-refractivity contribution is 7.16. The average molecular weight is 363 g/mol. The topological polar surface area (TPSA) is 43.1 Å². The summed E-state index contributed by atoms with van der Waals surface area (Å²) in [5.74, 6) is -1.14. The average Bonchev–Trinajstić information content (AvgIpc) is 3.13. The van der Waals surface area contributed by atoms with Gasteiger partial charge < -0.3 is 0 Å². The van der Waals surface area contributed by atoms with Crippen molar-refractivity contribution in [3.05, 3.63) is 69.7 Å². The lowest BCUT2D eigenvalue weighted by Gasteiger charge is -2.00. The molecular weight excluding hydrogens is 354 g/mol. The quantitative estimate of drug-likeness (QED) is 0.543. The first kappa shape index (κ1) is 15.2. The van der Waals surface area contributed by atoms with Gasteiger partial charge in [0.2, 0.25) is 4.96 Å². The molecule has 0 radical (unpaired) electrons. The van der Waals surface area contributed by atoms with E-state index in [1.165, 1.54) is 17.4 Å². The third-order valence-corrected chi connectivity index (χ3v) is 4.66. The van der Waals surface area contributed by atoms with Crippen LogP contribution < -0.4 is 0 Å². The molecule has 0 aliphatic heterocycles. The van der Waals surface area contributed by atoms with Crippen molar-refractivity contribution >= 4 is 27.9 Å². The van der Waals surface area contributed by atoms with Crippen molar-refractivity contribution in [2.75, 3.05) is 0 Å². The van der Waals surface area contributed by atoms with Crippen LogP contribution in [-0.4, -0.2) is 19.8 Å². The number of hydrogen-bond donors (Lipinski definition) is 0. The first-order valence-corrected chi connectivity index (χ1v) is 8.21. The highest BCUT2D eigenvalue weighted by atomic mass is 35.5. The Bertz CT molecular complexity index is 1030. The van der Waals surface area contributed by atoms with E-state index in [-0.39, 0.29) is 12.0 Å². The molecule has 0 fully saturated rings. The number of benzene rings is 2. The Morgan fingerprint density at radius 1 is 1.04 bits per heavy atom. The molecule has 0 aliphatic carbocycles. The van der Waals surface area contributed by atoms with Gasteiger partial charge in [0.1, 0.15) is 5.01 Å². The minimum atomic E-state index is -0.864. The van der Waals surface area contributed by atoms with Gasteiger partial charge in [0, 0.05) is 17.0 Å². The zero-order chi connectivity index (χ0) is 16.7. The van der Waals surface area contributed by atoms with E-state index in [4.69, 9.17) is 11.6 Å². The van der Waals surface area contributed by atoms with Gasteiger partial charge in [-0.05, 0) is 35.9 Å². The summed E-state index contributed by atoms with van der Waals surface area (Å²) in [5, 5.41) is 13.9. The second kappa shape index (κ2) is 5.92. The summed E-state index contributed by atoms with van der Waals surface area (Å²) in [6, 6.07) is 11.3. The van der Waals surface area contributed by atoms with Crippen molar-refractivity contribution in [1.29, 1.82) is 0 Å². The van der Waals surface area contributed by atoms with E-state index >= 15 is 0 Å². The summed E-state index contributed by atoms with van der Waals surface area (Å²) in [5.41, 5.74) is 1.08. The molecule has 8 heteroatoms. The van der Waals surface area contributed by atoms with Crippen LogP contribution in [-0.2, 0) is 6.42 Å². The molecule has 0 spiro atoms. The minimum Gasteiger partial charge on any atom is -0.204 e. The minimum absolute atomic E-state index is 0.192. The van der Waals surface area contributed by atoms with Crippen LogP contribution in [0.25, 0.3) is 16.3 Å². The predicted molar refractivity (Wildman–Crippen MR) is 88.3 cm³/mol. The van der Waals surface area contributed by atoms with Crippen molar-refractivity contribution in [3.8, 4) is 11.4 Å². The number of rotatable bonds is 3. The third kappa shape index (κ3) is 2.65. The van der Waals surface area contributed by atoms with Crippen LogP contribution >= 0.6 is 22.9 Å². The van der Waals surface area contributed by atoms with Gasteiger partial charge in [0.15, 0.2) is 17.5 Å². The van der Waals surface area contributed by atoms with Crippen LogP contribution in [0, 0.1) is 11.6 Å². The van der Waals surface area contributed by atoms with Crippen LogP contribution in [0.15, 0.2) is 42.5 Å². The normalized spacial score (nSPS) is 11.3. The van der Waals surface area contributed by atoms with Crippen molar-refractivity contribution in [2.45, 2.75) is 6.42 Å². The largest absolute Gasteiger partial charge is 0.234 e. The summed E-state index contributed by atoms with van der Waals surface area (Å²) in [7, 11) is 0. The zero-order valence-corrected chi connectivity index (χ0v) is 13.7. The Kier molecular flexibility index (Phi) is 3.74. The van der Waals surface area contributed by atoms with E-state index in [0.29, 0.717) is 20.8 Å². The fourth-order valence-electron chi connectivity index (χ4n) is 2.35. The van der Waals surface area contributed by atoms with Crippen LogP contribution in [0.5, 0.6) is 0 Å². The van der Waals surface area contributed by atoms with Crippen molar-refractivity contribution in [3.63, 3.8) is 0 Å². The smallest absolute Gasteiger partial charge is 0.204 e. The monoisotopic (exact) mass is 362 g/mol. The van der Waals surface area contributed by atoms with Gasteiger partial charge in [0.05, 0.1) is 0 Å². The van der Waals surface area contributed by atoms with E-state index in [2.05, 4.69) is 15.3 Å². The summed E-state index contributed by atoms with van der Waals surface area (Å²) in [6.45, 7) is 0. The Morgan fingerprint density at radius 3 is 2.62 bits per heavy atom. The van der Waals surface area contributed by atoms with Crippen molar-refractivity contribution in [1.82, 2.24) is 19.8 Å². The molecule has 2 heterocycles. The maximum absolute atomic E-state index is 13.8. The molecule has 4 rings (SSSR count). The van der Waals surface area contributed by atoms with Gasteiger partial charge in [-0.3, -0.25) is 0 Å². The van der Waals surface area contributed by atoms with E-state index in [0.717, 1.165) is 11.6 Å². The van der Waals surface area contributed by atoms with Crippen LogP contribution in [0.2, 0.25) is 5.02 Å². The molecule has 4 nitrogen and oxygen atoms in total. The highest BCUT2D eigenvalue weighted by Gasteiger charge is 2.15. The standard InChI is InChI=1S/C16H9ClF2N4S/c17-11-6-4-9(5-7-11)15-20-21-16-23(15)22-13(24-16)8-10-2-1-3-12(18)14(10)19/h1-7H,8H2. The summed E-state index contributed by atoms with van der Waals surface area (Å²) < 4.78 is 28.7. The number of hydrogen-bond acceptors (Lipinski definition) is 4. The van der Waals surface area contributed by atoms with Crippen LogP contribution in [0.1, 0.15) is 10.6 Å². The van der Waals surface area contributed by atoms with Gasteiger partial charge in [-0.15, -0.1) is 10.2 Å². The van der Waals surface area contributed by atoms with E-state index in [1.807, 2.05) is 12.1 Å². The summed E-state index contributed by atoms with van der Waals surface area (Å²) in [6.07, 6.45) is 0.192. The molecule has 120 valence electrons. The van der Waals surface area contributed by atoms with E-state index < -0.39 is 11.6 Å². The molecule has 0 unspecified atom stereocenters. The Morgan fingerprint density at radius 2 is 1.83 bits per heavy atom. The second-order valence-electron chi connectivity index (χ2n) is 5.11. The molecule has 0 saturated heterocycles. The van der Waals surface area contributed by atoms with Crippen LogP contribution in [0.4, 0.5) is 8.78 Å². The van der Waals surface area contributed by atoms with Gasteiger partial charge in [-0.1, -0.05) is 35.1 Å². The molecule has 24 heavy (non-hydrogen) atoms. The molecule has 0 saturated carbocycles. The lowest BCUT2D eigenvalue weighted by molar-refractivity contribution is 0.500. The fraction of sp³-hybridized carbons (Fsp3) is 0.0625. The number of halogens is 3. The molecule has 4 aromatic rings. The lowest BCUT2D eigenvalue weighted by atomic mass is 10.1. The Balaban J connectivity index is 1.72. The molecule has 0 atom stereocenters. The SMILES string of the molecule is Fc1cccc(Cc2nn3c(-c4ccc(Cl)cc4)nnc3s2)c1F. The molecule has 0 N–H and O–H groups in total. The number of fused-ring (bicyclic) bond motifs is 1. The number of nitrogens with zero attached hydrogens (tertiary/aromatic N) is 4. The maximum Gasteiger partial charge on any atom is 0.234 e. The van der Waals surface area contributed by atoms with Gasteiger partial charge in [-0.2, -0.15) is 9.61 Å². The van der Waals surface area contributed by atoms with E-state index in [1.54, 1.807) is 22.7 Å². The maximum atomic E-state index is 13.8. The molecule has 2 aromatic heterocycles. The fourth-order valence-corrected chi connectivity index (χ4v) is 3.34. The Labute approximate surface area is 144 Å². The molecular formula is C16H9ClF2N4S. The Hall–Kier alpha value is -2.38. The zero-order valence-electron chi connectivity index (χ0n) is 12.1. The molecule has 2 aromatic carbocycles. The van der Waals surface area contributed by atoms with Crippen LogP contribution in [0.3, 0.4) is 0 Å². The first-order chi connectivity index (χ1) is 11.6. The number of aromatic nitrogens is 4. The third-order valence-electron chi connectivity index (χ3n) is 3.51. The molecule has 0 amide bonds. The molecule has 0 aliphatic rings. The second-order valence-corrected chi connectivity index (χ2v) is 6.59. The predicted octanol–water partition coefficient (Wildman–Crippen LogP) is 4.38. The van der Waals surface area contributed by atoms with Gasteiger partial charge >= 0.3 is 0 Å². The van der Waals surface area contributed by atoms with E-state index in [9.17, 15) is 8.78 Å². The lowest BCUT2D eigenvalue weighted by Crippen LogP contribution is -1.97. The summed E-state index contributed by atoms with van der Waals surface area (Å²) in [4.78, 5) is 0.590. The highest BCUT2D eigenvalue weighted by Crippen LogP contribution is 2.25. The van der Waals surface area contributed by atoms with Crippen molar-refractivity contribution < 1.29 is 8.78 Å². The summed E-state index contributed by atoms with van der Waals surface area (Å²) >= 11 is 7.18. The van der Waals surface area contributed by atoms with Crippen molar-refractivity contribution in [2.24, 2.45) is 0 Å².